The van der Waals surface area contributed by atoms with Crippen LogP contribution < -0.4 is 10.5 Å². The number of hydrogen-bond donors (Lipinski definition) is 3. The summed E-state index contributed by atoms with van der Waals surface area (Å²) in [6.07, 6.45) is 1.76. The monoisotopic (exact) mass is 380 g/mol. The van der Waals surface area contributed by atoms with Crippen molar-refractivity contribution in [1.29, 1.82) is 0 Å². The Morgan fingerprint density at radius 2 is 1.95 bits per heavy atom. The lowest BCUT2D eigenvalue weighted by Crippen LogP contribution is -2.12. The summed E-state index contributed by atoms with van der Waals surface area (Å²) in [5.74, 6) is 0. The Bertz CT molecular complexity index is 920. The van der Waals surface area contributed by atoms with Crippen molar-refractivity contribution in [1.82, 2.24) is 10.2 Å². The number of hydrogen-bond acceptors (Lipinski definition) is 4. The van der Waals surface area contributed by atoms with Crippen LogP contribution >= 0.6 is 15.9 Å². The third-order valence-electron chi connectivity index (χ3n) is 3.26. The van der Waals surface area contributed by atoms with Gasteiger partial charge >= 0.3 is 0 Å². The van der Waals surface area contributed by atoms with Crippen molar-refractivity contribution in [2.75, 3.05) is 5.32 Å². The fraction of sp³-hybridized carbons (Fsp3) is 0.0714. The second-order valence-electron chi connectivity index (χ2n) is 4.83. The molecule has 0 saturated carbocycles. The van der Waals surface area contributed by atoms with Crippen LogP contribution in [-0.4, -0.2) is 18.6 Å². The molecular weight excluding hydrogens is 368 g/mol. The fourth-order valence-electron chi connectivity index (χ4n) is 2.16. The molecular formula is C14H13BrN4O2S. The van der Waals surface area contributed by atoms with Crippen LogP contribution in [0.1, 0.15) is 5.56 Å². The summed E-state index contributed by atoms with van der Waals surface area (Å²) in [5, 5.41) is 16.3. The van der Waals surface area contributed by atoms with Crippen molar-refractivity contribution in [3.63, 3.8) is 0 Å². The molecule has 0 amide bonds. The number of aromatic amines is 1. The maximum Gasteiger partial charge on any atom is 0.238 e. The third-order valence-corrected chi connectivity index (χ3v) is 4.65. The lowest BCUT2D eigenvalue weighted by atomic mass is 10.2. The summed E-state index contributed by atoms with van der Waals surface area (Å²) in [7, 11) is -3.65. The first-order valence-corrected chi connectivity index (χ1v) is 8.76. The van der Waals surface area contributed by atoms with Crippen LogP contribution in [0.4, 0.5) is 5.69 Å². The first kappa shape index (κ1) is 15.0. The molecule has 1 aromatic heterocycles. The van der Waals surface area contributed by atoms with Gasteiger partial charge in [-0.15, -0.1) is 0 Å². The number of H-pyrrole nitrogens is 1. The molecule has 3 rings (SSSR count). The van der Waals surface area contributed by atoms with Gasteiger partial charge in [0.25, 0.3) is 0 Å². The fourth-order valence-corrected chi connectivity index (χ4v) is 3.13. The van der Waals surface area contributed by atoms with Crippen LogP contribution in [0.15, 0.2) is 52.0 Å². The van der Waals surface area contributed by atoms with Gasteiger partial charge in [-0.2, -0.15) is 5.10 Å². The molecule has 0 unspecified atom stereocenters. The third kappa shape index (κ3) is 3.13. The van der Waals surface area contributed by atoms with Crippen molar-refractivity contribution >= 4 is 42.5 Å². The van der Waals surface area contributed by atoms with Gasteiger partial charge in [-0.3, -0.25) is 5.10 Å². The Morgan fingerprint density at radius 3 is 2.64 bits per heavy atom. The Hall–Kier alpha value is -1.90. The lowest BCUT2D eigenvalue weighted by molar-refractivity contribution is 0.598. The molecule has 4 N–H and O–H groups in total. The van der Waals surface area contributed by atoms with Crippen LogP contribution in [-0.2, 0) is 16.6 Å². The number of benzene rings is 2. The van der Waals surface area contributed by atoms with Gasteiger partial charge in [0.2, 0.25) is 10.0 Å². The number of nitrogens with zero attached hydrogens (tertiary/aromatic N) is 1. The highest BCUT2D eigenvalue weighted by molar-refractivity contribution is 9.10. The maximum absolute atomic E-state index is 11.2. The van der Waals surface area contributed by atoms with Gasteiger partial charge in [0, 0.05) is 22.1 Å². The minimum Gasteiger partial charge on any atom is -0.380 e. The maximum atomic E-state index is 11.2. The van der Waals surface area contributed by atoms with Gasteiger partial charge in [-0.1, -0.05) is 28.1 Å². The first-order valence-electron chi connectivity index (χ1n) is 6.42. The SMILES string of the molecule is NS(=O)(=O)c1ccc(CNc2cc(Br)cc3[nH]ncc23)cc1. The Kier molecular flexibility index (Phi) is 3.90. The summed E-state index contributed by atoms with van der Waals surface area (Å²) in [4.78, 5) is 0.107. The Labute approximate surface area is 135 Å². The van der Waals surface area contributed by atoms with E-state index < -0.39 is 10.0 Å². The molecule has 0 fully saturated rings. The average molecular weight is 381 g/mol. The zero-order valence-corrected chi connectivity index (χ0v) is 13.8. The number of halogens is 1. The second-order valence-corrected chi connectivity index (χ2v) is 7.30. The van der Waals surface area contributed by atoms with Crippen molar-refractivity contribution < 1.29 is 8.42 Å². The topological polar surface area (TPSA) is 101 Å². The predicted octanol–water partition coefficient (Wildman–Crippen LogP) is 2.58. The molecule has 3 aromatic rings. The summed E-state index contributed by atoms with van der Waals surface area (Å²) in [5.41, 5.74) is 2.82. The molecule has 0 radical (unpaired) electrons. The number of primary sulfonamides is 1. The normalized spacial score (nSPS) is 11.7. The Morgan fingerprint density at radius 1 is 1.23 bits per heavy atom. The molecule has 114 valence electrons. The average Bonchev–Trinajstić information content (AvgIpc) is 2.92. The smallest absolute Gasteiger partial charge is 0.238 e. The van der Waals surface area contributed by atoms with Gasteiger partial charge in [-0.25, -0.2) is 13.6 Å². The number of nitrogens with two attached hydrogens (primary N) is 1. The predicted molar refractivity (Wildman–Crippen MR) is 88.9 cm³/mol. The molecule has 2 aromatic carbocycles. The standard InChI is InChI=1S/C14H13BrN4O2S/c15-10-5-13(12-8-18-19-14(12)6-10)17-7-9-1-3-11(4-2-9)22(16,20)21/h1-6,8,17H,7H2,(H,18,19)(H2,16,20,21). The van der Waals surface area contributed by atoms with Gasteiger partial charge in [0.05, 0.1) is 16.6 Å². The number of aromatic nitrogens is 2. The number of fused-ring (bicyclic) bond motifs is 1. The Balaban J connectivity index is 1.81. The number of sulfonamides is 1. The number of rotatable bonds is 4. The molecule has 22 heavy (non-hydrogen) atoms. The van der Waals surface area contributed by atoms with Crippen LogP contribution in [0.25, 0.3) is 10.9 Å². The summed E-state index contributed by atoms with van der Waals surface area (Å²) in [6.45, 7) is 0.557. The van der Waals surface area contributed by atoms with Gasteiger partial charge < -0.3 is 5.32 Å². The van der Waals surface area contributed by atoms with E-state index in [0.29, 0.717) is 6.54 Å². The van der Waals surface area contributed by atoms with Crippen LogP contribution in [0.3, 0.4) is 0 Å². The van der Waals surface area contributed by atoms with Gasteiger partial charge in [-0.05, 0) is 29.8 Å². The van der Waals surface area contributed by atoms with E-state index in [0.717, 1.165) is 26.6 Å². The van der Waals surface area contributed by atoms with Crippen LogP contribution in [0.5, 0.6) is 0 Å². The quantitative estimate of drug-likeness (QED) is 0.647. The van der Waals surface area contributed by atoms with E-state index in [1.54, 1.807) is 18.3 Å². The van der Waals surface area contributed by atoms with Crippen molar-refractivity contribution in [3.8, 4) is 0 Å². The molecule has 6 nitrogen and oxygen atoms in total. The molecule has 0 atom stereocenters. The van der Waals surface area contributed by atoms with E-state index >= 15 is 0 Å². The minimum absolute atomic E-state index is 0.107. The second kappa shape index (κ2) is 5.71. The van der Waals surface area contributed by atoms with E-state index in [1.807, 2.05) is 12.1 Å². The minimum atomic E-state index is -3.65. The molecule has 0 aliphatic heterocycles. The van der Waals surface area contributed by atoms with E-state index in [1.165, 1.54) is 12.1 Å². The summed E-state index contributed by atoms with van der Waals surface area (Å²) >= 11 is 3.46. The largest absolute Gasteiger partial charge is 0.380 e. The first-order chi connectivity index (χ1) is 10.4. The van der Waals surface area contributed by atoms with E-state index in [9.17, 15) is 8.42 Å². The van der Waals surface area contributed by atoms with Crippen LogP contribution in [0, 0.1) is 0 Å². The summed E-state index contributed by atoms with van der Waals surface area (Å²) < 4.78 is 23.4. The zero-order chi connectivity index (χ0) is 15.7. The van der Waals surface area contributed by atoms with Crippen molar-refractivity contribution in [3.05, 3.63) is 52.6 Å². The lowest BCUT2D eigenvalue weighted by Gasteiger charge is -2.09. The highest BCUT2D eigenvalue weighted by Gasteiger charge is 2.08. The number of anilines is 1. The molecule has 0 saturated heterocycles. The molecule has 1 heterocycles. The molecule has 0 aliphatic carbocycles. The summed E-state index contributed by atoms with van der Waals surface area (Å²) in [6, 6.07) is 10.4. The van der Waals surface area contributed by atoms with E-state index in [2.05, 4.69) is 31.4 Å². The van der Waals surface area contributed by atoms with Gasteiger partial charge in [0.15, 0.2) is 0 Å². The van der Waals surface area contributed by atoms with Crippen molar-refractivity contribution in [2.45, 2.75) is 11.4 Å². The molecule has 0 bridgehead atoms. The highest BCUT2D eigenvalue weighted by Crippen LogP contribution is 2.27. The van der Waals surface area contributed by atoms with Crippen molar-refractivity contribution in [2.24, 2.45) is 5.14 Å². The molecule has 8 heteroatoms. The number of nitrogens with one attached hydrogen (secondary N) is 2. The van der Waals surface area contributed by atoms with E-state index in [4.69, 9.17) is 5.14 Å². The molecule has 0 aliphatic rings. The highest BCUT2D eigenvalue weighted by atomic mass is 79.9. The van der Waals surface area contributed by atoms with E-state index in [-0.39, 0.29) is 4.90 Å². The van der Waals surface area contributed by atoms with Gasteiger partial charge in [0.1, 0.15) is 0 Å². The van der Waals surface area contributed by atoms with Crippen LogP contribution in [0.2, 0.25) is 0 Å². The zero-order valence-electron chi connectivity index (χ0n) is 11.4. The molecule has 0 spiro atoms.